The minimum atomic E-state index is 0.108. The van der Waals surface area contributed by atoms with E-state index in [-0.39, 0.29) is 11.2 Å². The third kappa shape index (κ3) is 3.99. The molecule has 4 nitrogen and oxygen atoms in total. The van der Waals surface area contributed by atoms with E-state index in [1.807, 2.05) is 50.2 Å². The van der Waals surface area contributed by atoms with Gasteiger partial charge in [0.05, 0.1) is 5.69 Å². The second-order valence-corrected chi connectivity index (χ2v) is 8.75. The van der Waals surface area contributed by atoms with Gasteiger partial charge in [-0.3, -0.25) is 4.99 Å². The Morgan fingerprint density at radius 2 is 1.63 bits per heavy atom. The Bertz CT molecular complexity index is 1240. The molecule has 1 N–H and O–H groups in total. The molecule has 0 unspecified atom stereocenters. The van der Waals surface area contributed by atoms with Crippen molar-refractivity contribution in [2.45, 2.75) is 40.0 Å². The van der Waals surface area contributed by atoms with E-state index in [0.29, 0.717) is 11.5 Å². The lowest BCUT2D eigenvalue weighted by Crippen LogP contribution is -2.10. The molecule has 3 aromatic carbocycles. The minimum absolute atomic E-state index is 0.108. The number of oxazole rings is 1. The molecule has 0 bridgehead atoms. The number of rotatable bonds is 3. The predicted octanol–water partition coefficient (Wildman–Crippen LogP) is 6.87. The summed E-state index contributed by atoms with van der Waals surface area (Å²) in [6.07, 6.45) is 1.68. The number of fused-ring (bicyclic) bond motifs is 1. The van der Waals surface area contributed by atoms with Gasteiger partial charge in [0.1, 0.15) is 11.3 Å². The molecule has 1 aromatic heterocycles. The monoisotopic (exact) mass is 398 g/mol. The molecule has 0 saturated carbocycles. The standard InChI is InChI=1S/C26H26N2O2/c1-16-12-19(23(29)13-17(16)2)15-27-21-10-11-24-22(14-21)28-25(30-24)18-6-8-20(9-7-18)26(3,4)5/h6-15,29H,1-5H3. The molecular weight excluding hydrogens is 372 g/mol. The van der Waals surface area contributed by atoms with E-state index in [0.717, 1.165) is 33.5 Å². The molecule has 4 heteroatoms. The summed E-state index contributed by atoms with van der Waals surface area (Å²) < 4.78 is 5.94. The normalized spacial score (nSPS) is 12.2. The topological polar surface area (TPSA) is 58.6 Å². The highest BCUT2D eigenvalue weighted by Gasteiger charge is 2.14. The lowest BCUT2D eigenvalue weighted by molar-refractivity contribution is 0.474. The highest BCUT2D eigenvalue weighted by atomic mass is 16.3. The van der Waals surface area contributed by atoms with Crippen LogP contribution in [0.2, 0.25) is 0 Å². The second-order valence-electron chi connectivity index (χ2n) is 8.75. The zero-order valence-corrected chi connectivity index (χ0v) is 18.0. The molecule has 0 amide bonds. The van der Waals surface area contributed by atoms with E-state index < -0.39 is 0 Å². The van der Waals surface area contributed by atoms with Gasteiger partial charge in [-0.15, -0.1) is 0 Å². The maximum atomic E-state index is 10.1. The average Bonchev–Trinajstić information content (AvgIpc) is 3.12. The molecule has 152 valence electrons. The maximum Gasteiger partial charge on any atom is 0.227 e. The van der Waals surface area contributed by atoms with Gasteiger partial charge in [0.15, 0.2) is 5.58 Å². The van der Waals surface area contributed by atoms with Crippen LogP contribution in [0.4, 0.5) is 5.69 Å². The van der Waals surface area contributed by atoms with Crippen molar-refractivity contribution in [1.29, 1.82) is 0 Å². The first kappa shape index (κ1) is 19.9. The SMILES string of the molecule is Cc1cc(O)c(C=Nc2ccc3oc(-c4ccc(C(C)(C)C)cc4)nc3c2)cc1C. The zero-order valence-electron chi connectivity index (χ0n) is 18.0. The van der Waals surface area contributed by atoms with Gasteiger partial charge in [-0.2, -0.15) is 0 Å². The van der Waals surface area contributed by atoms with Crippen LogP contribution in [0, 0.1) is 13.8 Å². The van der Waals surface area contributed by atoms with Crippen molar-refractivity contribution >= 4 is 23.0 Å². The fourth-order valence-corrected chi connectivity index (χ4v) is 3.30. The molecule has 0 aliphatic rings. The van der Waals surface area contributed by atoms with Crippen LogP contribution in [0.5, 0.6) is 5.75 Å². The van der Waals surface area contributed by atoms with Gasteiger partial charge in [0.2, 0.25) is 5.89 Å². The van der Waals surface area contributed by atoms with Gasteiger partial charge < -0.3 is 9.52 Å². The lowest BCUT2D eigenvalue weighted by atomic mass is 9.87. The van der Waals surface area contributed by atoms with Gasteiger partial charge in [0.25, 0.3) is 0 Å². The number of hydrogen-bond acceptors (Lipinski definition) is 4. The highest BCUT2D eigenvalue weighted by Crippen LogP contribution is 2.30. The lowest BCUT2D eigenvalue weighted by Gasteiger charge is -2.18. The van der Waals surface area contributed by atoms with Gasteiger partial charge in [-0.05, 0) is 78.4 Å². The second kappa shape index (κ2) is 7.45. The van der Waals surface area contributed by atoms with Crippen molar-refractivity contribution in [2.24, 2.45) is 4.99 Å². The maximum absolute atomic E-state index is 10.1. The molecule has 0 aliphatic heterocycles. The molecule has 4 aromatic rings. The van der Waals surface area contributed by atoms with E-state index in [2.05, 4.69) is 42.9 Å². The fourth-order valence-electron chi connectivity index (χ4n) is 3.30. The number of aryl methyl sites for hydroxylation is 2. The highest BCUT2D eigenvalue weighted by molar-refractivity contribution is 5.87. The first-order valence-electron chi connectivity index (χ1n) is 10.1. The smallest absolute Gasteiger partial charge is 0.227 e. The Hall–Kier alpha value is -3.40. The summed E-state index contributed by atoms with van der Waals surface area (Å²) in [5.74, 6) is 0.823. The number of phenolic OH excluding ortho intramolecular Hbond substituents is 1. The quantitative estimate of drug-likeness (QED) is 0.383. The van der Waals surface area contributed by atoms with E-state index >= 15 is 0 Å². The van der Waals surface area contributed by atoms with Crippen molar-refractivity contribution in [3.05, 3.63) is 76.9 Å². The van der Waals surface area contributed by atoms with Gasteiger partial charge in [-0.25, -0.2) is 4.98 Å². The Kier molecular flexibility index (Phi) is 4.94. The Morgan fingerprint density at radius 3 is 2.33 bits per heavy atom. The molecule has 4 rings (SSSR count). The largest absolute Gasteiger partial charge is 0.507 e. The average molecular weight is 399 g/mol. The molecule has 0 saturated heterocycles. The summed E-state index contributed by atoms with van der Waals surface area (Å²) in [5, 5.41) is 10.1. The van der Waals surface area contributed by atoms with E-state index in [1.54, 1.807) is 12.3 Å². The van der Waals surface area contributed by atoms with E-state index in [4.69, 9.17) is 4.42 Å². The number of benzene rings is 3. The number of aromatic nitrogens is 1. The molecular formula is C26H26N2O2. The van der Waals surface area contributed by atoms with E-state index in [9.17, 15) is 5.11 Å². The Morgan fingerprint density at radius 1 is 0.933 bits per heavy atom. The van der Waals surface area contributed by atoms with Crippen LogP contribution in [-0.2, 0) is 5.41 Å². The van der Waals surface area contributed by atoms with Gasteiger partial charge in [-0.1, -0.05) is 32.9 Å². The number of hydrogen-bond donors (Lipinski definition) is 1. The first-order chi connectivity index (χ1) is 14.2. The summed E-state index contributed by atoms with van der Waals surface area (Å²) >= 11 is 0. The van der Waals surface area contributed by atoms with Crippen LogP contribution < -0.4 is 0 Å². The van der Waals surface area contributed by atoms with Crippen LogP contribution in [0.1, 0.15) is 43.0 Å². The first-order valence-corrected chi connectivity index (χ1v) is 10.1. The molecule has 0 spiro atoms. The molecule has 0 atom stereocenters. The molecule has 30 heavy (non-hydrogen) atoms. The Balaban J connectivity index is 1.62. The van der Waals surface area contributed by atoms with Gasteiger partial charge >= 0.3 is 0 Å². The third-order valence-electron chi connectivity index (χ3n) is 5.36. The number of aromatic hydroxyl groups is 1. The van der Waals surface area contributed by atoms with Crippen molar-refractivity contribution in [3.8, 4) is 17.2 Å². The number of phenols is 1. The molecule has 0 fully saturated rings. The number of aliphatic imine (C=N–C) groups is 1. The summed E-state index contributed by atoms with van der Waals surface area (Å²) in [4.78, 5) is 9.16. The van der Waals surface area contributed by atoms with Crippen molar-refractivity contribution in [1.82, 2.24) is 4.98 Å². The summed E-state index contributed by atoms with van der Waals surface area (Å²) in [7, 11) is 0. The van der Waals surface area contributed by atoms with Crippen molar-refractivity contribution in [3.63, 3.8) is 0 Å². The third-order valence-corrected chi connectivity index (χ3v) is 5.36. The summed E-state index contributed by atoms with van der Waals surface area (Å²) in [6.45, 7) is 10.6. The number of nitrogens with zero attached hydrogens (tertiary/aromatic N) is 2. The predicted molar refractivity (Wildman–Crippen MR) is 123 cm³/mol. The molecule has 0 radical (unpaired) electrons. The molecule has 0 aliphatic carbocycles. The fraction of sp³-hybridized carbons (Fsp3) is 0.231. The van der Waals surface area contributed by atoms with Gasteiger partial charge in [0, 0.05) is 17.3 Å². The van der Waals surface area contributed by atoms with Crippen LogP contribution in [0.3, 0.4) is 0 Å². The van der Waals surface area contributed by atoms with Crippen LogP contribution >= 0.6 is 0 Å². The van der Waals surface area contributed by atoms with Crippen LogP contribution in [-0.4, -0.2) is 16.3 Å². The van der Waals surface area contributed by atoms with Crippen LogP contribution in [0.15, 0.2) is 64.0 Å². The van der Waals surface area contributed by atoms with E-state index in [1.165, 1.54) is 5.56 Å². The van der Waals surface area contributed by atoms with Crippen LogP contribution in [0.25, 0.3) is 22.6 Å². The van der Waals surface area contributed by atoms with Crippen molar-refractivity contribution in [2.75, 3.05) is 0 Å². The molecule has 1 heterocycles. The summed E-state index contributed by atoms with van der Waals surface area (Å²) in [6, 6.07) is 17.7. The zero-order chi connectivity index (χ0) is 21.5. The minimum Gasteiger partial charge on any atom is -0.507 e. The Labute approximate surface area is 176 Å². The van der Waals surface area contributed by atoms with Crippen molar-refractivity contribution < 1.29 is 9.52 Å². The summed E-state index contributed by atoms with van der Waals surface area (Å²) in [5.41, 5.74) is 7.41.